The molecule has 0 saturated carbocycles. The zero-order valence-electron chi connectivity index (χ0n) is 18.1. The van der Waals surface area contributed by atoms with E-state index in [2.05, 4.69) is 0 Å². The molecule has 2 N–H and O–H groups in total. The molecule has 3 rings (SSSR count). The summed E-state index contributed by atoms with van der Waals surface area (Å²) in [6.45, 7) is 1.49. The van der Waals surface area contributed by atoms with Crippen molar-refractivity contribution in [1.82, 2.24) is 4.90 Å². The number of rotatable bonds is 10. The van der Waals surface area contributed by atoms with E-state index in [-0.39, 0.29) is 12.0 Å². The van der Waals surface area contributed by atoms with Gasteiger partial charge in [0.15, 0.2) is 5.78 Å². The fraction of sp³-hybridized carbons (Fsp3) is 0.240. The van der Waals surface area contributed by atoms with Crippen LogP contribution >= 0.6 is 11.6 Å². The molecule has 1 heterocycles. The molecular formula is C25H23ClFNO6. The number of carboxylic acid groups (broad SMARTS) is 2. The Labute approximate surface area is 200 Å². The van der Waals surface area contributed by atoms with E-state index in [4.69, 9.17) is 21.4 Å². The van der Waals surface area contributed by atoms with Crippen molar-refractivity contribution in [3.63, 3.8) is 0 Å². The van der Waals surface area contributed by atoms with Crippen LogP contribution in [0.2, 0.25) is 5.02 Å². The van der Waals surface area contributed by atoms with Crippen LogP contribution in [0.4, 0.5) is 4.39 Å². The van der Waals surface area contributed by atoms with Gasteiger partial charge in [-0.15, -0.1) is 0 Å². The molecule has 2 aromatic rings. The van der Waals surface area contributed by atoms with Gasteiger partial charge >= 0.3 is 11.9 Å². The second kappa shape index (κ2) is 11.6. The minimum absolute atomic E-state index is 0.0861. The molecule has 1 aliphatic rings. The normalized spacial score (nSPS) is 15.4. The number of hydrogen-bond acceptors (Lipinski definition) is 5. The lowest BCUT2D eigenvalue weighted by Crippen LogP contribution is -2.34. The Morgan fingerprint density at radius 2 is 1.76 bits per heavy atom. The minimum atomic E-state index is -1.49. The molecule has 0 aliphatic carbocycles. The van der Waals surface area contributed by atoms with Crippen LogP contribution in [0.3, 0.4) is 0 Å². The van der Waals surface area contributed by atoms with Gasteiger partial charge in [0.25, 0.3) is 0 Å². The molecule has 0 saturated heterocycles. The topological polar surface area (TPSA) is 104 Å². The van der Waals surface area contributed by atoms with Crippen molar-refractivity contribution in [2.45, 2.75) is 12.8 Å². The summed E-state index contributed by atoms with van der Waals surface area (Å²) in [5, 5.41) is 19.3. The predicted molar refractivity (Wildman–Crippen MR) is 123 cm³/mol. The molecule has 2 aromatic carbocycles. The van der Waals surface area contributed by atoms with Gasteiger partial charge in [-0.25, -0.2) is 14.0 Å². The van der Waals surface area contributed by atoms with E-state index in [1.807, 2.05) is 11.0 Å². The average Bonchev–Trinajstić information content (AvgIpc) is 2.81. The zero-order chi connectivity index (χ0) is 24.7. The summed E-state index contributed by atoms with van der Waals surface area (Å²) in [6, 6.07) is 11.7. The van der Waals surface area contributed by atoms with Crippen molar-refractivity contribution in [3.05, 3.63) is 88.4 Å². The second-order valence-corrected chi connectivity index (χ2v) is 8.17. The first-order valence-electron chi connectivity index (χ1n) is 10.6. The van der Waals surface area contributed by atoms with Gasteiger partial charge in [0.1, 0.15) is 17.3 Å². The van der Waals surface area contributed by atoms with Gasteiger partial charge < -0.3 is 14.9 Å². The highest BCUT2D eigenvalue weighted by Gasteiger charge is 2.30. The highest BCUT2D eigenvalue weighted by molar-refractivity contribution is 6.30. The lowest BCUT2D eigenvalue weighted by Gasteiger charge is -2.28. The highest BCUT2D eigenvalue weighted by Crippen LogP contribution is 2.25. The standard InChI is InChI=1S/C25H23ClFNO6/c26-17-3-7-19(8-4-17)34-20-9-12-28(13-10-20)14-11-21(22(25(32)33)15-23(29)30)24(31)16-1-5-18(27)6-2-16/h1-9,15,21H,10-14H2,(H,29,30)(H,32,33). The highest BCUT2D eigenvalue weighted by atomic mass is 35.5. The van der Waals surface area contributed by atoms with Crippen LogP contribution in [0.5, 0.6) is 5.75 Å². The third-order valence-corrected chi connectivity index (χ3v) is 5.65. The molecule has 1 unspecified atom stereocenters. The summed E-state index contributed by atoms with van der Waals surface area (Å²) < 4.78 is 19.1. The first kappa shape index (κ1) is 25.1. The Kier molecular flexibility index (Phi) is 8.56. The van der Waals surface area contributed by atoms with Gasteiger partial charge in [-0.05, 0) is 67.6 Å². The maximum atomic E-state index is 13.3. The summed E-state index contributed by atoms with van der Waals surface area (Å²) in [7, 11) is 0. The number of nitrogens with zero attached hydrogens (tertiary/aromatic N) is 1. The number of ether oxygens (including phenoxy) is 1. The molecule has 9 heteroatoms. The number of hydrogen-bond donors (Lipinski definition) is 2. The summed E-state index contributed by atoms with van der Waals surface area (Å²) >= 11 is 5.88. The Bertz CT molecular complexity index is 1110. The number of aliphatic carboxylic acids is 2. The first-order valence-corrected chi connectivity index (χ1v) is 10.9. The van der Waals surface area contributed by atoms with Crippen LogP contribution in [0.25, 0.3) is 0 Å². The SMILES string of the molecule is O=C(O)C=C(C(=O)O)C(CCN1CC=C(Oc2ccc(Cl)cc2)CC1)C(=O)c1ccc(F)cc1. The van der Waals surface area contributed by atoms with Crippen molar-refractivity contribution in [2.24, 2.45) is 5.92 Å². The molecule has 34 heavy (non-hydrogen) atoms. The number of Topliss-reactive ketones (excluding diaryl/α,β-unsaturated/α-hetero) is 1. The Hall–Kier alpha value is -3.49. The average molecular weight is 488 g/mol. The maximum Gasteiger partial charge on any atom is 0.332 e. The molecule has 0 bridgehead atoms. The van der Waals surface area contributed by atoms with E-state index < -0.39 is 35.0 Å². The van der Waals surface area contributed by atoms with Crippen LogP contribution < -0.4 is 4.74 Å². The molecule has 1 atom stereocenters. The second-order valence-electron chi connectivity index (χ2n) is 7.73. The predicted octanol–water partition coefficient (Wildman–Crippen LogP) is 4.43. The third-order valence-electron chi connectivity index (χ3n) is 5.39. The molecule has 0 spiro atoms. The van der Waals surface area contributed by atoms with Crippen molar-refractivity contribution >= 4 is 29.3 Å². The van der Waals surface area contributed by atoms with E-state index in [0.717, 1.165) is 17.9 Å². The molecule has 1 aliphatic heterocycles. The number of halogens is 2. The number of benzene rings is 2. The van der Waals surface area contributed by atoms with Gasteiger partial charge in [-0.2, -0.15) is 0 Å². The van der Waals surface area contributed by atoms with Crippen LogP contribution in [0.1, 0.15) is 23.2 Å². The molecular weight excluding hydrogens is 465 g/mol. The first-order chi connectivity index (χ1) is 16.2. The number of ketones is 1. The van der Waals surface area contributed by atoms with E-state index in [1.54, 1.807) is 24.3 Å². The van der Waals surface area contributed by atoms with Crippen LogP contribution in [-0.2, 0) is 9.59 Å². The molecule has 0 radical (unpaired) electrons. The molecule has 178 valence electrons. The summed E-state index contributed by atoms with van der Waals surface area (Å²) in [4.78, 5) is 38.0. The van der Waals surface area contributed by atoms with Crippen LogP contribution in [-0.4, -0.2) is 52.5 Å². The fourth-order valence-corrected chi connectivity index (χ4v) is 3.77. The zero-order valence-corrected chi connectivity index (χ0v) is 18.9. The minimum Gasteiger partial charge on any atom is -0.478 e. The number of carboxylic acids is 2. The van der Waals surface area contributed by atoms with Gasteiger partial charge in [0.2, 0.25) is 0 Å². The van der Waals surface area contributed by atoms with Gasteiger partial charge in [-0.3, -0.25) is 9.69 Å². The monoisotopic (exact) mass is 487 g/mol. The quantitative estimate of drug-likeness (QED) is 0.377. The summed E-state index contributed by atoms with van der Waals surface area (Å²) in [5.41, 5.74) is -0.401. The Morgan fingerprint density at radius 1 is 1.09 bits per heavy atom. The summed E-state index contributed by atoms with van der Waals surface area (Å²) in [6.07, 6.45) is 3.14. The van der Waals surface area contributed by atoms with Gasteiger partial charge in [0.05, 0.1) is 11.5 Å². The van der Waals surface area contributed by atoms with E-state index >= 15 is 0 Å². The molecule has 0 fully saturated rings. The van der Waals surface area contributed by atoms with Gasteiger partial charge in [0, 0.05) is 36.2 Å². The smallest absolute Gasteiger partial charge is 0.332 e. The summed E-state index contributed by atoms with van der Waals surface area (Å²) in [5.74, 6) is -3.80. The van der Waals surface area contributed by atoms with Crippen molar-refractivity contribution in [1.29, 1.82) is 0 Å². The fourth-order valence-electron chi connectivity index (χ4n) is 3.64. The lowest BCUT2D eigenvalue weighted by molar-refractivity contribution is -0.135. The van der Waals surface area contributed by atoms with Crippen molar-refractivity contribution < 1.29 is 33.7 Å². The Balaban J connectivity index is 1.70. The van der Waals surface area contributed by atoms with E-state index in [1.165, 1.54) is 12.1 Å². The van der Waals surface area contributed by atoms with Crippen LogP contribution in [0.15, 0.2) is 72.0 Å². The van der Waals surface area contributed by atoms with Crippen molar-refractivity contribution in [2.75, 3.05) is 19.6 Å². The van der Waals surface area contributed by atoms with E-state index in [9.17, 15) is 23.9 Å². The number of carbonyl (C=O) groups excluding carboxylic acids is 1. The lowest BCUT2D eigenvalue weighted by atomic mass is 9.87. The van der Waals surface area contributed by atoms with Crippen molar-refractivity contribution in [3.8, 4) is 5.75 Å². The molecule has 7 nitrogen and oxygen atoms in total. The van der Waals surface area contributed by atoms with Crippen LogP contribution in [0, 0.1) is 11.7 Å². The number of carbonyl (C=O) groups is 3. The molecule has 0 amide bonds. The largest absolute Gasteiger partial charge is 0.478 e. The Morgan fingerprint density at radius 3 is 2.32 bits per heavy atom. The molecule has 0 aromatic heterocycles. The maximum absolute atomic E-state index is 13.3. The van der Waals surface area contributed by atoms with E-state index in [0.29, 0.717) is 42.9 Å². The van der Waals surface area contributed by atoms with Gasteiger partial charge in [-0.1, -0.05) is 11.6 Å². The third kappa shape index (κ3) is 7.00.